The van der Waals surface area contributed by atoms with Crippen LogP contribution in [0.1, 0.15) is 29.6 Å². The van der Waals surface area contributed by atoms with Crippen LogP contribution in [0.5, 0.6) is 0 Å². The molecule has 0 unspecified atom stereocenters. The largest absolute Gasteiger partial charge is 0.345 e. The minimum absolute atomic E-state index is 0.0854. The Morgan fingerprint density at radius 3 is 2.62 bits per heavy atom. The molecular weight excluding hydrogens is 207 g/mol. The predicted octanol–water partition coefficient (Wildman–Crippen LogP) is 1.44. The van der Waals surface area contributed by atoms with Gasteiger partial charge in [-0.25, -0.2) is 4.39 Å². The summed E-state index contributed by atoms with van der Waals surface area (Å²) in [5.41, 5.74) is 5.40. The van der Waals surface area contributed by atoms with Crippen LogP contribution in [0.15, 0.2) is 24.3 Å². The highest BCUT2D eigenvalue weighted by Crippen LogP contribution is 2.31. The van der Waals surface area contributed by atoms with Crippen LogP contribution in [-0.2, 0) is 0 Å². The van der Waals surface area contributed by atoms with Crippen molar-refractivity contribution in [2.75, 3.05) is 6.54 Å². The summed E-state index contributed by atoms with van der Waals surface area (Å²) in [7, 11) is 0. The van der Waals surface area contributed by atoms with Gasteiger partial charge >= 0.3 is 0 Å². The molecule has 1 fully saturated rings. The molecule has 0 aliphatic heterocycles. The van der Waals surface area contributed by atoms with E-state index in [1.807, 2.05) is 0 Å². The Hall–Kier alpha value is -1.42. The molecule has 1 aliphatic rings. The van der Waals surface area contributed by atoms with Crippen LogP contribution in [-0.4, -0.2) is 18.0 Å². The Kier molecular flexibility index (Phi) is 2.92. The number of nitrogens with two attached hydrogens (primary N) is 1. The van der Waals surface area contributed by atoms with Crippen molar-refractivity contribution in [2.45, 2.75) is 24.8 Å². The van der Waals surface area contributed by atoms with E-state index in [1.165, 1.54) is 12.1 Å². The fourth-order valence-corrected chi connectivity index (χ4v) is 1.94. The van der Waals surface area contributed by atoms with E-state index in [0.29, 0.717) is 6.54 Å². The van der Waals surface area contributed by atoms with E-state index in [1.54, 1.807) is 12.1 Å². The van der Waals surface area contributed by atoms with Crippen LogP contribution in [0.4, 0.5) is 4.39 Å². The van der Waals surface area contributed by atoms with E-state index in [9.17, 15) is 9.18 Å². The molecule has 0 radical (unpaired) electrons. The van der Waals surface area contributed by atoms with Gasteiger partial charge in [0.25, 0.3) is 5.91 Å². The van der Waals surface area contributed by atoms with Crippen molar-refractivity contribution in [3.63, 3.8) is 0 Å². The first-order chi connectivity index (χ1) is 7.67. The standard InChI is InChI=1S/C12H15FN2O/c13-10-5-2-1-4-9(10)11(16)15-12(8-14)6-3-7-12/h1-2,4-5H,3,6-8,14H2,(H,15,16). The van der Waals surface area contributed by atoms with Gasteiger partial charge in [0.1, 0.15) is 5.82 Å². The Balaban J connectivity index is 2.11. The van der Waals surface area contributed by atoms with E-state index < -0.39 is 5.82 Å². The van der Waals surface area contributed by atoms with Crippen LogP contribution in [0, 0.1) is 5.82 Å². The van der Waals surface area contributed by atoms with Crippen LogP contribution in [0.2, 0.25) is 0 Å². The van der Waals surface area contributed by atoms with E-state index in [0.717, 1.165) is 19.3 Å². The fourth-order valence-electron chi connectivity index (χ4n) is 1.94. The molecule has 86 valence electrons. The monoisotopic (exact) mass is 222 g/mol. The molecule has 0 heterocycles. The second kappa shape index (κ2) is 4.22. The zero-order chi connectivity index (χ0) is 11.6. The molecule has 0 atom stereocenters. The van der Waals surface area contributed by atoms with Crippen LogP contribution >= 0.6 is 0 Å². The number of amides is 1. The lowest BCUT2D eigenvalue weighted by molar-refractivity contribution is 0.0833. The van der Waals surface area contributed by atoms with Crippen LogP contribution < -0.4 is 11.1 Å². The summed E-state index contributed by atoms with van der Waals surface area (Å²) >= 11 is 0. The van der Waals surface area contributed by atoms with Crippen molar-refractivity contribution in [2.24, 2.45) is 5.73 Å². The maximum absolute atomic E-state index is 13.3. The highest BCUT2D eigenvalue weighted by Gasteiger charge is 2.37. The lowest BCUT2D eigenvalue weighted by Gasteiger charge is -2.41. The third-order valence-electron chi connectivity index (χ3n) is 3.20. The molecule has 4 heteroatoms. The number of hydrogen-bond acceptors (Lipinski definition) is 2. The first-order valence-electron chi connectivity index (χ1n) is 5.44. The lowest BCUT2D eigenvalue weighted by atomic mass is 9.76. The van der Waals surface area contributed by atoms with Gasteiger partial charge < -0.3 is 11.1 Å². The molecule has 1 saturated carbocycles. The maximum Gasteiger partial charge on any atom is 0.254 e. The molecule has 2 rings (SSSR count). The van der Waals surface area contributed by atoms with E-state index in [4.69, 9.17) is 5.73 Å². The Bertz CT molecular complexity index is 396. The van der Waals surface area contributed by atoms with Crippen LogP contribution in [0.25, 0.3) is 0 Å². The Labute approximate surface area is 93.8 Å². The molecule has 0 spiro atoms. The second-order valence-electron chi connectivity index (χ2n) is 4.27. The molecular formula is C12H15FN2O. The molecule has 3 nitrogen and oxygen atoms in total. The molecule has 1 aliphatic carbocycles. The number of halogens is 1. The van der Waals surface area contributed by atoms with Gasteiger partial charge in [-0.2, -0.15) is 0 Å². The van der Waals surface area contributed by atoms with Gasteiger partial charge in [0, 0.05) is 6.54 Å². The molecule has 3 N–H and O–H groups in total. The Morgan fingerprint density at radius 1 is 1.44 bits per heavy atom. The molecule has 16 heavy (non-hydrogen) atoms. The van der Waals surface area contributed by atoms with Crippen LogP contribution in [0.3, 0.4) is 0 Å². The first-order valence-corrected chi connectivity index (χ1v) is 5.44. The smallest absolute Gasteiger partial charge is 0.254 e. The van der Waals surface area contributed by atoms with Gasteiger partial charge in [-0.05, 0) is 31.4 Å². The molecule has 0 bridgehead atoms. The van der Waals surface area contributed by atoms with Gasteiger partial charge in [0.2, 0.25) is 0 Å². The van der Waals surface area contributed by atoms with Crippen molar-refractivity contribution in [3.05, 3.63) is 35.6 Å². The maximum atomic E-state index is 13.3. The highest BCUT2D eigenvalue weighted by atomic mass is 19.1. The van der Waals surface area contributed by atoms with Crippen molar-refractivity contribution in [3.8, 4) is 0 Å². The third kappa shape index (κ3) is 1.93. The van der Waals surface area contributed by atoms with E-state index in [2.05, 4.69) is 5.32 Å². The van der Waals surface area contributed by atoms with Gasteiger partial charge in [0.15, 0.2) is 0 Å². The number of carbonyl (C=O) groups is 1. The zero-order valence-electron chi connectivity index (χ0n) is 9.00. The molecule has 0 saturated heterocycles. The summed E-state index contributed by atoms with van der Waals surface area (Å²) in [5.74, 6) is -0.866. The van der Waals surface area contributed by atoms with E-state index >= 15 is 0 Å². The normalized spacial score (nSPS) is 17.6. The minimum atomic E-state index is -0.494. The number of rotatable bonds is 3. The molecule has 1 aromatic carbocycles. The Morgan fingerprint density at radius 2 is 2.12 bits per heavy atom. The number of nitrogens with one attached hydrogen (secondary N) is 1. The SMILES string of the molecule is NCC1(NC(=O)c2ccccc2F)CCC1. The molecule has 0 aromatic heterocycles. The molecule has 1 aromatic rings. The zero-order valence-corrected chi connectivity index (χ0v) is 9.00. The summed E-state index contributed by atoms with van der Waals surface area (Å²) in [6.45, 7) is 0.410. The van der Waals surface area contributed by atoms with E-state index in [-0.39, 0.29) is 17.0 Å². The van der Waals surface area contributed by atoms with Gasteiger partial charge in [-0.3, -0.25) is 4.79 Å². The molecule has 1 amide bonds. The van der Waals surface area contributed by atoms with Crippen molar-refractivity contribution in [1.29, 1.82) is 0 Å². The topological polar surface area (TPSA) is 55.1 Å². The summed E-state index contributed by atoms with van der Waals surface area (Å²) in [6, 6.07) is 5.97. The highest BCUT2D eigenvalue weighted by molar-refractivity contribution is 5.95. The lowest BCUT2D eigenvalue weighted by Crippen LogP contribution is -2.58. The van der Waals surface area contributed by atoms with Gasteiger partial charge in [-0.15, -0.1) is 0 Å². The summed E-state index contributed by atoms with van der Waals surface area (Å²) in [5, 5.41) is 2.83. The number of hydrogen-bond donors (Lipinski definition) is 2. The van der Waals surface area contributed by atoms with Crippen molar-refractivity contribution >= 4 is 5.91 Å². The van der Waals surface area contributed by atoms with Crippen molar-refractivity contribution < 1.29 is 9.18 Å². The minimum Gasteiger partial charge on any atom is -0.345 e. The quantitative estimate of drug-likeness (QED) is 0.813. The number of carbonyl (C=O) groups excluding carboxylic acids is 1. The average molecular weight is 222 g/mol. The predicted molar refractivity (Wildman–Crippen MR) is 59.5 cm³/mol. The fraction of sp³-hybridized carbons (Fsp3) is 0.417. The first kappa shape index (κ1) is 11.1. The number of benzene rings is 1. The average Bonchev–Trinajstić information content (AvgIpc) is 2.24. The summed E-state index contributed by atoms with van der Waals surface area (Å²) in [4.78, 5) is 11.8. The summed E-state index contributed by atoms with van der Waals surface area (Å²) < 4.78 is 13.3. The summed E-state index contributed by atoms with van der Waals surface area (Å²) in [6.07, 6.45) is 2.82. The van der Waals surface area contributed by atoms with Gasteiger partial charge in [0.05, 0.1) is 11.1 Å². The third-order valence-corrected chi connectivity index (χ3v) is 3.20. The second-order valence-corrected chi connectivity index (χ2v) is 4.27. The van der Waals surface area contributed by atoms with Crippen molar-refractivity contribution in [1.82, 2.24) is 5.32 Å². The van der Waals surface area contributed by atoms with Gasteiger partial charge in [-0.1, -0.05) is 12.1 Å².